The van der Waals surface area contributed by atoms with Crippen molar-refractivity contribution < 1.29 is 24.4 Å². The molecule has 0 radical (unpaired) electrons. The highest BCUT2D eigenvalue weighted by atomic mass is 35.5. The highest BCUT2D eigenvalue weighted by Crippen LogP contribution is 2.36. The van der Waals surface area contributed by atoms with Crippen LogP contribution < -0.4 is 25.9 Å². The average Bonchev–Trinajstić information content (AvgIpc) is 2.78. The lowest BCUT2D eigenvalue weighted by atomic mass is 9.93. The Balaban J connectivity index is 0.000000316. The van der Waals surface area contributed by atoms with E-state index in [0.29, 0.717) is 18.0 Å². The number of ether oxygens (including phenoxy) is 3. The zero-order valence-corrected chi connectivity index (χ0v) is 19.8. The van der Waals surface area contributed by atoms with E-state index in [-0.39, 0.29) is 25.1 Å². The topological polar surface area (TPSA) is 127 Å². The van der Waals surface area contributed by atoms with E-state index in [1.54, 1.807) is 33.4 Å². The van der Waals surface area contributed by atoms with E-state index < -0.39 is 6.10 Å². The number of benzene rings is 2. The summed E-state index contributed by atoms with van der Waals surface area (Å²) in [6.07, 6.45) is 0.291. The van der Waals surface area contributed by atoms with E-state index in [1.165, 1.54) is 5.01 Å². The van der Waals surface area contributed by atoms with Crippen LogP contribution in [0.1, 0.15) is 28.8 Å². The van der Waals surface area contributed by atoms with Gasteiger partial charge in [0.15, 0.2) is 11.5 Å². The van der Waals surface area contributed by atoms with Gasteiger partial charge in [-0.25, -0.2) is 10.0 Å². The van der Waals surface area contributed by atoms with Gasteiger partial charge in [0.05, 0.1) is 40.1 Å². The van der Waals surface area contributed by atoms with Crippen molar-refractivity contribution in [2.75, 3.05) is 48.1 Å². The van der Waals surface area contributed by atoms with Crippen molar-refractivity contribution in [3.63, 3.8) is 0 Å². The monoisotopic (exact) mass is 470 g/mol. The predicted molar refractivity (Wildman–Crippen MR) is 126 cm³/mol. The summed E-state index contributed by atoms with van der Waals surface area (Å²) in [6, 6.07) is 11.0. The minimum atomic E-state index is -0.559. The fourth-order valence-corrected chi connectivity index (χ4v) is 3.46. The maximum Gasteiger partial charge on any atom is 0.161 e. The summed E-state index contributed by atoms with van der Waals surface area (Å²) in [4.78, 5) is 0. The van der Waals surface area contributed by atoms with Crippen LogP contribution in [0.25, 0.3) is 0 Å². The molecular formula is C22H35ClN4O5. The molecule has 0 fully saturated rings. The van der Waals surface area contributed by atoms with Crippen LogP contribution in [-0.2, 0) is 6.42 Å². The van der Waals surface area contributed by atoms with Crippen molar-refractivity contribution in [3.05, 3.63) is 53.1 Å². The van der Waals surface area contributed by atoms with Crippen LogP contribution in [0.2, 0.25) is 0 Å². The molecule has 1 aliphatic rings. The van der Waals surface area contributed by atoms with Crippen molar-refractivity contribution in [1.82, 2.24) is 10.0 Å². The van der Waals surface area contributed by atoms with Gasteiger partial charge in [0.2, 0.25) is 0 Å². The van der Waals surface area contributed by atoms with E-state index in [2.05, 4.69) is 0 Å². The molecule has 1 aliphatic heterocycles. The van der Waals surface area contributed by atoms with Crippen molar-refractivity contribution in [1.29, 1.82) is 0 Å². The molecule has 2 aromatic rings. The molecule has 2 atom stereocenters. The van der Waals surface area contributed by atoms with Gasteiger partial charge in [0.25, 0.3) is 0 Å². The molecule has 0 amide bonds. The van der Waals surface area contributed by atoms with Gasteiger partial charge in [0, 0.05) is 20.1 Å². The van der Waals surface area contributed by atoms with Crippen molar-refractivity contribution in [2.45, 2.75) is 18.6 Å². The third-order valence-corrected chi connectivity index (χ3v) is 5.18. The molecule has 6 N–H and O–H groups in total. The summed E-state index contributed by atoms with van der Waals surface area (Å²) < 4.78 is 15.5. The maximum absolute atomic E-state index is 9.69. The smallest absolute Gasteiger partial charge is 0.161 e. The molecule has 0 bridgehead atoms. The minimum absolute atomic E-state index is 0. The molecule has 10 heteroatoms. The Bertz CT molecular complexity index is 823. The second kappa shape index (κ2) is 13.4. The third-order valence-electron chi connectivity index (χ3n) is 5.18. The van der Waals surface area contributed by atoms with Crippen LogP contribution >= 0.6 is 12.4 Å². The number of nitrogens with zero attached hydrogens (tertiary/aromatic N) is 2. The molecule has 2 unspecified atom stereocenters. The first-order valence-electron chi connectivity index (χ1n) is 9.99. The molecule has 0 spiro atoms. The van der Waals surface area contributed by atoms with Gasteiger partial charge in [-0.2, -0.15) is 0 Å². The largest absolute Gasteiger partial charge is 0.497 e. The highest BCUT2D eigenvalue weighted by molar-refractivity contribution is 5.85. The second-order valence-corrected chi connectivity index (χ2v) is 7.32. The Hall–Kier alpha value is -2.11. The first-order valence-corrected chi connectivity index (χ1v) is 9.99. The minimum Gasteiger partial charge on any atom is -0.497 e. The quantitative estimate of drug-likeness (QED) is 0.351. The van der Waals surface area contributed by atoms with Gasteiger partial charge < -0.3 is 24.4 Å². The summed E-state index contributed by atoms with van der Waals surface area (Å²) in [5.74, 6) is 13.5. The fraction of sp³-hybridized carbons (Fsp3) is 0.455. The number of rotatable bonds is 7. The van der Waals surface area contributed by atoms with Crippen LogP contribution in [0.3, 0.4) is 0 Å². The van der Waals surface area contributed by atoms with Crippen molar-refractivity contribution in [3.8, 4) is 17.2 Å². The number of aliphatic hydroxyl groups excluding tert-OH is 2. The first-order chi connectivity index (χ1) is 14.8. The summed E-state index contributed by atoms with van der Waals surface area (Å²) in [5, 5.41) is 22.2. The van der Waals surface area contributed by atoms with Crippen LogP contribution in [0.4, 0.5) is 0 Å². The number of hydrazine groups is 2. The lowest BCUT2D eigenvalue weighted by Crippen LogP contribution is -2.42. The number of nitrogens with two attached hydrogens (primary N) is 2. The molecule has 0 aliphatic carbocycles. The van der Waals surface area contributed by atoms with Gasteiger partial charge in [-0.1, -0.05) is 12.1 Å². The lowest BCUT2D eigenvalue weighted by Gasteiger charge is -2.33. The Kier molecular flexibility index (Phi) is 11.7. The summed E-state index contributed by atoms with van der Waals surface area (Å²) >= 11 is 0. The molecule has 1 heterocycles. The fourth-order valence-electron chi connectivity index (χ4n) is 3.46. The van der Waals surface area contributed by atoms with Crippen LogP contribution in [0.15, 0.2) is 36.4 Å². The molecule has 2 aromatic carbocycles. The Morgan fingerprint density at radius 1 is 1.09 bits per heavy atom. The average molecular weight is 471 g/mol. The second-order valence-electron chi connectivity index (χ2n) is 7.32. The van der Waals surface area contributed by atoms with Gasteiger partial charge in [-0.3, -0.25) is 11.7 Å². The molecule has 0 aromatic heterocycles. The zero-order chi connectivity index (χ0) is 23.0. The maximum atomic E-state index is 9.69. The number of likely N-dealkylation sites (N-methyl/N-ethyl adjacent to an activating group) is 1. The zero-order valence-electron chi connectivity index (χ0n) is 19.0. The molecule has 180 valence electrons. The molecule has 3 rings (SSSR count). The lowest BCUT2D eigenvalue weighted by molar-refractivity contribution is 0.115. The Morgan fingerprint density at radius 2 is 1.69 bits per heavy atom. The SMILES string of the molecule is COc1cc2c(cc1OC)C(CO)N(N)CC2.COc1ccc(C(O)CN(C)N)cc1.Cl. The summed E-state index contributed by atoms with van der Waals surface area (Å²) in [7, 11) is 6.54. The van der Waals surface area contributed by atoms with E-state index in [4.69, 9.17) is 25.9 Å². The molecular weight excluding hydrogens is 436 g/mol. The van der Waals surface area contributed by atoms with E-state index in [1.807, 2.05) is 36.4 Å². The van der Waals surface area contributed by atoms with Crippen LogP contribution in [0.5, 0.6) is 17.2 Å². The molecule has 0 saturated heterocycles. The third kappa shape index (κ3) is 7.21. The summed E-state index contributed by atoms with van der Waals surface area (Å²) in [5.41, 5.74) is 3.01. The first kappa shape index (κ1) is 27.9. The standard InChI is InChI=1S/C12H18N2O3.C10H16N2O2.ClH/c1-16-11-5-8-3-4-14(13)10(7-15)9(8)6-12(11)17-2;1-12(11)7-10(13)8-3-5-9(14-2)6-4-8;/h5-6,10,15H,3-4,7,13H2,1-2H3;3-6,10,13H,7,11H2,1-2H3;1H. The number of fused-ring (bicyclic) bond motifs is 1. The number of halogens is 1. The van der Waals surface area contributed by atoms with Gasteiger partial charge >= 0.3 is 0 Å². The van der Waals surface area contributed by atoms with E-state index >= 15 is 0 Å². The van der Waals surface area contributed by atoms with E-state index in [9.17, 15) is 10.2 Å². The number of hydrogen-bond donors (Lipinski definition) is 4. The molecule has 9 nitrogen and oxygen atoms in total. The van der Waals surface area contributed by atoms with E-state index in [0.717, 1.165) is 35.4 Å². The number of aliphatic hydroxyl groups is 2. The van der Waals surface area contributed by atoms with Gasteiger partial charge in [0.1, 0.15) is 5.75 Å². The van der Waals surface area contributed by atoms with Crippen molar-refractivity contribution >= 4 is 12.4 Å². The van der Waals surface area contributed by atoms with Gasteiger partial charge in [-0.15, -0.1) is 12.4 Å². The van der Waals surface area contributed by atoms with Crippen molar-refractivity contribution in [2.24, 2.45) is 11.7 Å². The normalized spacial score (nSPS) is 16.2. The van der Waals surface area contributed by atoms with Crippen LogP contribution in [-0.4, -0.2) is 68.3 Å². The highest BCUT2D eigenvalue weighted by Gasteiger charge is 2.26. The Labute approximate surface area is 195 Å². The Morgan fingerprint density at radius 3 is 2.19 bits per heavy atom. The number of methoxy groups -OCH3 is 3. The molecule has 32 heavy (non-hydrogen) atoms. The van der Waals surface area contributed by atoms with Gasteiger partial charge in [-0.05, 0) is 47.4 Å². The molecule has 0 saturated carbocycles. The van der Waals surface area contributed by atoms with Crippen LogP contribution in [0, 0.1) is 0 Å². The predicted octanol–water partition coefficient (Wildman–Crippen LogP) is 1.42. The number of hydrogen-bond acceptors (Lipinski definition) is 9. The summed E-state index contributed by atoms with van der Waals surface area (Å²) in [6.45, 7) is 1.14.